The smallest absolute Gasteiger partial charge is 0.237 e. The molecule has 0 radical (unpaired) electrons. The zero-order chi connectivity index (χ0) is 22.9. The van der Waals surface area contributed by atoms with Crippen LogP contribution in [-0.4, -0.2) is 56.7 Å². The molecule has 1 heterocycles. The molecule has 0 aromatic heterocycles. The summed E-state index contributed by atoms with van der Waals surface area (Å²) in [6.07, 6.45) is 0.0732. The number of ether oxygens (including phenoxy) is 3. The van der Waals surface area contributed by atoms with E-state index >= 15 is 0 Å². The molecule has 2 amide bonds. The van der Waals surface area contributed by atoms with E-state index in [1.807, 2.05) is 48.2 Å². The number of rotatable bonds is 10. The van der Waals surface area contributed by atoms with Crippen molar-refractivity contribution in [2.45, 2.75) is 32.5 Å². The molecule has 2 aromatic rings. The first-order valence-electron chi connectivity index (χ1n) is 10.7. The second-order valence-electron chi connectivity index (χ2n) is 7.52. The Labute approximate surface area is 188 Å². The van der Waals surface area contributed by atoms with Crippen LogP contribution in [0.3, 0.4) is 0 Å². The normalized spacial score (nSPS) is 16.2. The molecular formula is C24H31N3O5. The lowest BCUT2D eigenvalue weighted by atomic mass is 10.1. The Kier molecular flexibility index (Phi) is 8.33. The molecule has 2 N–H and O–H groups in total. The number of nitrogens with zero attached hydrogens (tertiary/aromatic N) is 1. The fourth-order valence-corrected chi connectivity index (χ4v) is 3.74. The molecule has 1 aliphatic rings. The highest BCUT2D eigenvalue weighted by Gasteiger charge is 2.32. The monoisotopic (exact) mass is 441 g/mol. The molecule has 1 fully saturated rings. The van der Waals surface area contributed by atoms with Crippen LogP contribution in [0.2, 0.25) is 0 Å². The second kappa shape index (κ2) is 11.4. The molecule has 32 heavy (non-hydrogen) atoms. The van der Waals surface area contributed by atoms with Crippen LogP contribution in [0.15, 0.2) is 42.5 Å². The third-order valence-corrected chi connectivity index (χ3v) is 5.37. The second-order valence-corrected chi connectivity index (χ2v) is 7.52. The molecule has 1 unspecified atom stereocenters. The molecule has 0 saturated carbocycles. The number of piperazine rings is 1. The summed E-state index contributed by atoms with van der Waals surface area (Å²) < 4.78 is 16.3. The first-order valence-corrected chi connectivity index (χ1v) is 10.7. The van der Waals surface area contributed by atoms with Crippen LogP contribution >= 0.6 is 0 Å². The predicted octanol–water partition coefficient (Wildman–Crippen LogP) is 2.11. The van der Waals surface area contributed by atoms with Crippen LogP contribution in [0.1, 0.15) is 24.5 Å². The summed E-state index contributed by atoms with van der Waals surface area (Å²) in [6, 6.07) is 12.7. The van der Waals surface area contributed by atoms with Crippen molar-refractivity contribution in [1.82, 2.24) is 15.5 Å². The van der Waals surface area contributed by atoms with E-state index in [0.717, 1.165) is 16.9 Å². The number of para-hydroxylation sites is 1. The first kappa shape index (κ1) is 23.4. The van der Waals surface area contributed by atoms with Crippen molar-refractivity contribution in [2.24, 2.45) is 0 Å². The molecular weight excluding hydrogens is 410 g/mol. The lowest BCUT2D eigenvalue weighted by Crippen LogP contribution is -2.56. The van der Waals surface area contributed by atoms with Gasteiger partial charge in [0.15, 0.2) is 0 Å². The van der Waals surface area contributed by atoms with Gasteiger partial charge in [-0.1, -0.05) is 18.2 Å². The zero-order valence-electron chi connectivity index (χ0n) is 18.8. The molecule has 1 saturated heterocycles. The van der Waals surface area contributed by atoms with Gasteiger partial charge in [-0.25, -0.2) is 0 Å². The largest absolute Gasteiger partial charge is 0.497 e. The van der Waals surface area contributed by atoms with E-state index in [1.54, 1.807) is 20.3 Å². The Morgan fingerprint density at radius 3 is 2.56 bits per heavy atom. The quantitative estimate of drug-likeness (QED) is 0.587. The zero-order valence-corrected chi connectivity index (χ0v) is 18.8. The maximum atomic E-state index is 12.7. The maximum Gasteiger partial charge on any atom is 0.237 e. The first-order chi connectivity index (χ1) is 15.5. The Balaban J connectivity index is 1.65. The third-order valence-electron chi connectivity index (χ3n) is 5.37. The molecule has 8 heteroatoms. The van der Waals surface area contributed by atoms with Gasteiger partial charge in [0, 0.05) is 37.8 Å². The van der Waals surface area contributed by atoms with E-state index in [1.165, 1.54) is 0 Å². The lowest BCUT2D eigenvalue weighted by Gasteiger charge is -2.35. The molecule has 3 rings (SSSR count). The van der Waals surface area contributed by atoms with E-state index in [2.05, 4.69) is 10.6 Å². The molecule has 1 atom stereocenters. The summed E-state index contributed by atoms with van der Waals surface area (Å²) >= 11 is 0. The number of amides is 2. The minimum atomic E-state index is -0.543. The minimum absolute atomic E-state index is 0.0732. The van der Waals surface area contributed by atoms with Gasteiger partial charge < -0.3 is 24.8 Å². The molecule has 8 nitrogen and oxygen atoms in total. The van der Waals surface area contributed by atoms with Gasteiger partial charge in [-0.3, -0.25) is 14.5 Å². The van der Waals surface area contributed by atoms with Gasteiger partial charge in [0.2, 0.25) is 11.8 Å². The SMILES string of the molecule is CCOc1ccccc1CN1CCNC(=O)C1CC(=O)NCc1cc(OC)cc(OC)c1. The Morgan fingerprint density at radius 1 is 1.16 bits per heavy atom. The topological polar surface area (TPSA) is 89.1 Å². The summed E-state index contributed by atoms with van der Waals surface area (Å²) in [6.45, 7) is 4.58. The van der Waals surface area contributed by atoms with Gasteiger partial charge in [-0.05, 0) is 30.7 Å². The van der Waals surface area contributed by atoms with Gasteiger partial charge in [-0.15, -0.1) is 0 Å². The van der Waals surface area contributed by atoms with E-state index < -0.39 is 6.04 Å². The number of carbonyl (C=O) groups excluding carboxylic acids is 2. The molecule has 172 valence electrons. The molecule has 2 aromatic carbocycles. The van der Waals surface area contributed by atoms with E-state index in [0.29, 0.717) is 44.3 Å². The fraction of sp³-hybridized carbons (Fsp3) is 0.417. The van der Waals surface area contributed by atoms with Crippen molar-refractivity contribution < 1.29 is 23.8 Å². The number of hydrogen-bond donors (Lipinski definition) is 2. The van der Waals surface area contributed by atoms with Crippen LogP contribution < -0.4 is 24.8 Å². The van der Waals surface area contributed by atoms with Crippen molar-refractivity contribution >= 4 is 11.8 Å². The van der Waals surface area contributed by atoms with Crippen molar-refractivity contribution in [3.63, 3.8) is 0 Å². The average molecular weight is 442 g/mol. The molecule has 1 aliphatic heterocycles. The van der Waals surface area contributed by atoms with Gasteiger partial charge in [0.1, 0.15) is 17.2 Å². The highest BCUT2D eigenvalue weighted by Crippen LogP contribution is 2.24. The van der Waals surface area contributed by atoms with Crippen LogP contribution in [0.5, 0.6) is 17.2 Å². The van der Waals surface area contributed by atoms with E-state index in [4.69, 9.17) is 14.2 Å². The van der Waals surface area contributed by atoms with Crippen molar-refractivity contribution in [3.05, 3.63) is 53.6 Å². The predicted molar refractivity (Wildman–Crippen MR) is 121 cm³/mol. The van der Waals surface area contributed by atoms with Crippen LogP contribution in [0, 0.1) is 0 Å². The van der Waals surface area contributed by atoms with Crippen molar-refractivity contribution in [3.8, 4) is 17.2 Å². The average Bonchev–Trinajstić information content (AvgIpc) is 2.81. The maximum absolute atomic E-state index is 12.7. The van der Waals surface area contributed by atoms with Crippen molar-refractivity contribution in [1.29, 1.82) is 0 Å². The van der Waals surface area contributed by atoms with Gasteiger partial charge in [0.25, 0.3) is 0 Å². The summed E-state index contributed by atoms with van der Waals surface area (Å²) in [7, 11) is 3.16. The van der Waals surface area contributed by atoms with Gasteiger partial charge >= 0.3 is 0 Å². The van der Waals surface area contributed by atoms with Crippen LogP contribution in [0.4, 0.5) is 0 Å². The number of benzene rings is 2. The fourth-order valence-electron chi connectivity index (χ4n) is 3.74. The van der Waals surface area contributed by atoms with Crippen LogP contribution in [-0.2, 0) is 22.7 Å². The number of carbonyl (C=O) groups is 2. The van der Waals surface area contributed by atoms with Crippen molar-refractivity contribution in [2.75, 3.05) is 33.9 Å². The Morgan fingerprint density at radius 2 is 1.88 bits per heavy atom. The number of nitrogens with one attached hydrogen (secondary N) is 2. The molecule has 0 aliphatic carbocycles. The standard InChI is InChI=1S/C24H31N3O5/c1-4-32-22-8-6-5-7-18(22)16-27-10-9-25-24(29)21(27)14-23(28)26-15-17-11-19(30-2)13-20(12-17)31-3/h5-8,11-13,21H,4,9-10,14-16H2,1-3H3,(H,25,29)(H,26,28). The summed E-state index contributed by atoms with van der Waals surface area (Å²) in [5, 5.41) is 5.78. The summed E-state index contributed by atoms with van der Waals surface area (Å²) in [5.74, 6) is 1.77. The van der Waals surface area contributed by atoms with Gasteiger partial charge in [0.05, 0.1) is 33.3 Å². The third kappa shape index (κ3) is 6.13. The molecule has 0 bridgehead atoms. The van der Waals surface area contributed by atoms with Crippen LogP contribution in [0.25, 0.3) is 0 Å². The highest BCUT2D eigenvalue weighted by molar-refractivity contribution is 5.88. The van der Waals surface area contributed by atoms with E-state index in [9.17, 15) is 9.59 Å². The lowest BCUT2D eigenvalue weighted by molar-refractivity contribution is -0.134. The Bertz CT molecular complexity index is 911. The minimum Gasteiger partial charge on any atom is -0.497 e. The van der Waals surface area contributed by atoms with Gasteiger partial charge in [-0.2, -0.15) is 0 Å². The van der Waals surface area contributed by atoms with E-state index in [-0.39, 0.29) is 18.2 Å². The summed E-state index contributed by atoms with van der Waals surface area (Å²) in [4.78, 5) is 27.3. The summed E-state index contributed by atoms with van der Waals surface area (Å²) in [5.41, 5.74) is 1.85. The Hall–Kier alpha value is -3.26. The number of methoxy groups -OCH3 is 2. The highest BCUT2D eigenvalue weighted by atomic mass is 16.5. The molecule has 0 spiro atoms. The number of hydrogen-bond acceptors (Lipinski definition) is 6.